The summed E-state index contributed by atoms with van der Waals surface area (Å²) in [7, 11) is 0. The van der Waals surface area contributed by atoms with Gasteiger partial charge in [-0.2, -0.15) is 0 Å². The fourth-order valence-electron chi connectivity index (χ4n) is 2.63. The average Bonchev–Trinajstić information content (AvgIpc) is 2.48. The van der Waals surface area contributed by atoms with Gasteiger partial charge in [0.1, 0.15) is 0 Å². The van der Waals surface area contributed by atoms with Crippen LogP contribution in [0.5, 0.6) is 0 Å². The maximum Gasteiger partial charge on any atom is 0.157 e. The minimum absolute atomic E-state index is 0.308. The molecular weight excluding hydrogens is 238 g/mol. The highest BCUT2D eigenvalue weighted by atomic mass is 16.5. The van der Waals surface area contributed by atoms with Crippen molar-refractivity contribution in [1.82, 2.24) is 4.90 Å². The number of carbonyl (C=O) groups is 1. The van der Waals surface area contributed by atoms with Crippen LogP contribution in [0.15, 0.2) is 30.3 Å². The number of nitrogens with zero attached hydrogens (tertiary/aromatic N) is 1. The van der Waals surface area contributed by atoms with E-state index in [0.717, 1.165) is 38.3 Å². The maximum atomic E-state index is 12.7. The zero-order valence-electron chi connectivity index (χ0n) is 11.9. The lowest BCUT2D eigenvalue weighted by Gasteiger charge is -2.41. The van der Waals surface area contributed by atoms with E-state index < -0.39 is 0 Å². The van der Waals surface area contributed by atoms with Crippen molar-refractivity contribution >= 4 is 5.78 Å². The van der Waals surface area contributed by atoms with Gasteiger partial charge in [0.25, 0.3) is 0 Å². The molecule has 3 nitrogen and oxygen atoms in total. The van der Waals surface area contributed by atoms with Crippen molar-refractivity contribution in [2.24, 2.45) is 0 Å². The van der Waals surface area contributed by atoms with E-state index in [2.05, 4.69) is 18.7 Å². The number of benzene rings is 1. The van der Waals surface area contributed by atoms with Crippen LogP contribution in [0.25, 0.3) is 0 Å². The second-order valence-electron chi connectivity index (χ2n) is 5.31. The third-order valence-corrected chi connectivity index (χ3v) is 4.21. The Morgan fingerprint density at radius 3 is 2.47 bits per heavy atom. The summed E-state index contributed by atoms with van der Waals surface area (Å²) >= 11 is 0. The number of Topliss-reactive ketones (excluding diaryl/α,β-unsaturated/α-hetero) is 1. The van der Waals surface area contributed by atoms with Gasteiger partial charge in [-0.25, -0.2) is 0 Å². The Bertz CT molecular complexity index is 412. The van der Waals surface area contributed by atoms with Gasteiger partial charge < -0.3 is 4.74 Å². The maximum absolute atomic E-state index is 12.7. The van der Waals surface area contributed by atoms with Crippen molar-refractivity contribution < 1.29 is 9.53 Å². The second kappa shape index (κ2) is 6.31. The van der Waals surface area contributed by atoms with Crippen LogP contribution in [-0.2, 0) is 16.0 Å². The first-order valence-electron chi connectivity index (χ1n) is 7.07. The van der Waals surface area contributed by atoms with Crippen molar-refractivity contribution in [2.45, 2.75) is 32.2 Å². The lowest BCUT2D eigenvalue weighted by atomic mass is 9.87. The Morgan fingerprint density at radius 1 is 1.26 bits per heavy atom. The molecule has 1 aromatic rings. The minimum Gasteiger partial charge on any atom is -0.379 e. The molecule has 104 valence electrons. The van der Waals surface area contributed by atoms with E-state index in [9.17, 15) is 4.79 Å². The summed E-state index contributed by atoms with van der Waals surface area (Å²) in [4.78, 5) is 15.0. The molecule has 0 radical (unpaired) electrons. The minimum atomic E-state index is -0.361. The van der Waals surface area contributed by atoms with Crippen molar-refractivity contribution in [1.29, 1.82) is 0 Å². The Hall–Kier alpha value is -1.19. The number of hydrogen-bond acceptors (Lipinski definition) is 3. The summed E-state index contributed by atoms with van der Waals surface area (Å²) in [5.41, 5.74) is 0.736. The molecule has 0 N–H and O–H groups in total. The predicted octanol–water partition coefficient (Wildman–Crippen LogP) is 2.30. The summed E-state index contributed by atoms with van der Waals surface area (Å²) < 4.78 is 5.38. The van der Waals surface area contributed by atoms with Crippen LogP contribution < -0.4 is 0 Å². The molecule has 1 unspecified atom stereocenters. The highest BCUT2D eigenvalue weighted by Crippen LogP contribution is 2.23. The number of morpholine rings is 1. The predicted molar refractivity (Wildman–Crippen MR) is 76.2 cm³/mol. The lowest BCUT2D eigenvalue weighted by Crippen LogP contribution is -2.56. The molecule has 0 saturated carbocycles. The van der Waals surface area contributed by atoms with Crippen molar-refractivity contribution in [3.05, 3.63) is 35.9 Å². The fraction of sp³-hybridized carbons (Fsp3) is 0.562. The molecule has 0 aromatic heterocycles. The highest BCUT2D eigenvalue weighted by Gasteiger charge is 2.37. The molecule has 0 amide bonds. The average molecular weight is 261 g/mol. The standard InChI is InChI=1S/C16H23NO2/c1-3-16(2,17-9-11-19-12-10-17)15(18)13-14-7-5-4-6-8-14/h4-8H,3,9-13H2,1-2H3. The molecule has 3 heteroatoms. The van der Waals surface area contributed by atoms with Gasteiger partial charge in [-0.05, 0) is 18.9 Å². The number of ketones is 1. The molecule has 0 bridgehead atoms. The summed E-state index contributed by atoms with van der Waals surface area (Å²) in [5, 5.41) is 0. The van der Waals surface area contributed by atoms with Crippen LogP contribution in [0.3, 0.4) is 0 Å². The number of hydrogen-bond donors (Lipinski definition) is 0. The molecule has 1 aliphatic heterocycles. The fourth-order valence-corrected chi connectivity index (χ4v) is 2.63. The molecule has 1 aliphatic rings. The topological polar surface area (TPSA) is 29.5 Å². The van der Waals surface area contributed by atoms with Crippen molar-refractivity contribution in [3.8, 4) is 0 Å². The van der Waals surface area contributed by atoms with E-state index >= 15 is 0 Å². The zero-order valence-corrected chi connectivity index (χ0v) is 11.9. The zero-order chi connectivity index (χ0) is 13.7. The second-order valence-corrected chi connectivity index (χ2v) is 5.31. The molecule has 1 aromatic carbocycles. The van der Waals surface area contributed by atoms with E-state index in [1.54, 1.807) is 0 Å². The molecule has 1 atom stereocenters. The van der Waals surface area contributed by atoms with Gasteiger partial charge in [0.2, 0.25) is 0 Å². The van der Waals surface area contributed by atoms with E-state index in [0.29, 0.717) is 12.2 Å². The number of rotatable bonds is 5. The first kappa shape index (κ1) is 14.2. The first-order valence-corrected chi connectivity index (χ1v) is 7.07. The van der Waals surface area contributed by atoms with Gasteiger partial charge in [0.05, 0.1) is 18.8 Å². The largest absolute Gasteiger partial charge is 0.379 e. The number of ether oxygens (including phenoxy) is 1. The Morgan fingerprint density at radius 2 is 1.89 bits per heavy atom. The first-order chi connectivity index (χ1) is 9.16. The van der Waals surface area contributed by atoms with Crippen molar-refractivity contribution in [2.75, 3.05) is 26.3 Å². The van der Waals surface area contributed by atoms with Gasteiger partial charge >= 0.3 is 0 Å². The lowest BCUT2D eigenvalue weighted by molar-refractivity contribution is -0.133. The van der Waals surface area contributed by atoms with Crippen LogP contribution in [0.4, 0.5) is 0 Å². The van der Waals surface area contributed by atoms with Gasteiger partial charge in [-0.15, -0.1) is 0 Å². The molecule has 0 spiro atoms. The van der Waals surface area contributed by atoms with Crippen molar-refractivity contribution in [3.63, 3.8) is 0 Å². The van der Waals surface area contributed by atoms with Gasteiger partial charge in [0.15, 0.2) is 5.78 Å². The summed E-state index contributed by atoms with van der Waals surface area (Å²) in [6.45, 7) is 7.33. The van der Waals surface area contributed by atoms with Crippen LogP contribution in [0, 0.1) is 0 Å². The van der Waals surface area contributed by atoms with E-state index in [4.69, 9.17) is 4.74 Å². The SMILES string of the molecule is CCC(C)(C(=O)Cc1ccccc1)N1CCOCC1. The molecule has 0 aliphatic carbocycles. The van der Waals surface area contributed by atoms with Crippen LogP contribution in [0.2, 0.25) is 0 Å². The monoisotopic (exact) mass is 261 g/mol. The quantitative estimate of drug-likeness (QED) is 0.814. The van der Waals surface area contributed by atoms with E-state index in [1.807, 2.05) is 30.3 Å². The summed E-state index contributed by atoms with van der Waals surface area (Å²) in [6, 6.07) is 10.00. The summed E-state index contributed by atoms with van der Waals surface area (Å²) in [5.74, 6) is 0.308. The summed E-state index contributed by atoms with van der Waals surface area (Å²) in [6.07, 6.45) is 1.36. The highest BCUT2D eigenvalue weighted by molar-refractivity contribution is 5.89. The van der Waals surface area contributed by atoms with Crippen LogP contribution in [0.1, 0.15) is 25.8 Å². The molecule has 1 saturated heterocycles. The van der Waals surface area contributed by atoms with Crippen LogP contribution >= 0.6 is 0 Å². The molecule has 19 heavy (non-hydrogen) atoms. The Kier molecular flexibility index (Phi) is 4.72. The Labute approximate surface area is 115 Å². The third-order valence-electron chi connectivity index (χ3n) is 4.21. The van der Waals surface area contributed by atoms with Gasteiger partial charge in [0, 0.05) is 19.5 Å². The van der Waals surface area contributed by atoms with E-state index in [-0.39, 0.29) is 5.54 Å². The normalized spacial score (nSPS) is 19.9. The molecule has 1 fully saturated rings. The van der Waals surface area contributed by atoms with Gasteiger partial charge in [-0.3, -0.25) is 9.69 Å². The Balaban J connectivity index is 2.09. The van der Waals surface area contributed by atoms with Crippen LogP contribution in [-0.4, -0.2) is 42.5 Å². The smallest absolute Gasteiger partial charge is 0.157 e. The molecule has 1 heterocycles. The molecular formula is C16H23NO2. The molecule has 2 rings (SSSR count). The number of carbonyl (C=O) groups excluding carboxylic acids is 1. The van der Waals surface area contributed by atoms with E-state index in [1.165, 1.54) is 0 Å². The third kappa shape index (κ3) is 3.23. The van der Waals surface area contributed by atoms with Gasteiger partial charge in [-0.1, -0.05) is 37.3 Å².